The van der Waals surface area contributed by atoms with Crippen LogP contribution in [-0.4, -0.2) is 11.0 Å². The Balaban J connectivity index is 2.11. The van der Waals surface area contributed by atoms with E-state index in [1.54, 1.807) is 12.1 Å². The van der Waals surface area contributed by atoms with E-state index in [2.05, 4.69) is 12.2 Å². The van der Waals surface area contributed by atoms with Crippen molar-refractivity contribution in [2.24, 2.45) is 5.92 Å². The van der Waals surface area contributed by atoms with Gasteiger partial charge in [-0.15, -0.1) is 0 Å². The van der Waals surface area contributed by atoms with Crippen LogP contribution in [-0.2, 0) is 0 Å². The Labute approximate surface area is 101 Å². The highest BCUT2D eigenvalue weighted by Gasteiger charge is 2.24. The number of benzene rings is 1. The average molecular weight is 234 g/mol. The molecule has 4 nitrogen and oxygen atoms in total. The normalized spacial score (nSPS) is 16.6. The Kier molecular flexibility index (Phi) is 3.31. The summed E-state index contributed by atoms with van der Waals surface area (Å²) in [6.45, 7) is 4.03. The molecule has 1 aromatic carbocycles. The molecule has 0 amide bonds. The fraction of sp³-hybridized carbons (Fsp3) is 0.538. The number of nitrogens with one attached hydrogen (secondary N) is 1. The number of aryl methyl sites for hydroxylation is 1. The second-order valence-electron chi connectivity index (χ2n) is 5.00. The zero-order chi connectivity index (χ0) is 12.4. The summed E-state index contributed by atoms with van der Waals surface area (Å²) in [6, 6.07) is 5.49. The maximum atomic E-state index is 10.9. The summed E-state index contributed by atoms with van der Waals surface area (Å²) in [5, 5.41) is 14.2. The topological polar surface area (TPSA) is 55.2 Å². The molecule has 1 saturated carbocycles. The van der Waals surface area contributed by atoms with Gasteiger partial charge in [-0.25, -0.2) is 0 Å². The van der Waals surface area contributed by atoms with Gasteiger partial charge in [0, 0.05) is 12.1 Å². The highest BCUT2D eigenvalue weighted by Crippen LogP contribution is 2.35. The number of hydrogen-bond donors (Lipinski definition) is 1. The number of nitrogens with zero attached hydrogens (tertiary/aromatic N) is 1. The van der Waals surface area contributed by atoms with Gasteiger partial charge in [0.05, 0.1) is 4.92 Å². The summed E-state index contributed by atoms with van der Waals surface area (Å²) in [7, 11) is 0. The Morgan fingerprint density at radius 2 is 2.24 bits per heavy atom. The quantitative estimate of drug-likeness (QED) is 0.626. The van der Waals surface area contributed by atoms with Gasteiger partial charge < -0.3 is 5.32 Å². The van der Waals surface area contributed by atoms with Crippen molar-refractivity contribution < 1.29 is 4.92 Å². The molecule has 1 aliphatic rings. The van der Waals surface area contributed by atoms with Crippen LogP contribution in [0.25, 0.3) is 0 Å². The Hall–Kier alpha value is -1.58. The van der Waals surface area contributed by atoms with Crippen LogP contribution in [0, 0.1) is 23.0 Å². The lowest BCUT2D eigenvalue weighted by Crippen LogP contribution is -2.16. The molecule has 1 N–H and O–H groups in total. The van der Waals surface area contributed by atoms with Gasteiger partial charge >= 0.3 is 0 Å². The van der Waals surface area contributed by atoms with Crippen molar-refractivity contribution >= 4 is 11.4 Å². The summed E-state index contributed by atoms with van der Waals surface area (Å²) < 4.78 is 0. The number of nitro benzene ring substituents is 1. The summed E-state index contributed by atoms with van der Waals surface area (Å²) in [6.07, 6.45) is 3.72. The molecule has 0 bridgehead atoms. The molecule has 1 aromatic rings. The average Bonchev–Trinajstić information content (AvgIpc) is 3.00. The van der Waals surface area contributed by atoms with E-state index in [0.29, 0.717) is 11.7 Å². The molecule has 1 aliphatic carbocycles. The molecule has 0 radical (unpaired) electrons. The predicted molar refractivity (Wildman–Crippen MR) is 68.3 cm³/mol. The highest BCUT2D eigenvalue weighted by atomic mass is 16.6. The highest BCUT2D eigenvalue weighted by molar-refractivity contribution is 5.63. The Bertz CT molecular complexity index is 427. The minimum Gasteiger partial charge on any atom is -0.377 e. The molecular formula is C13H18N2O2. The fourth-order valence-electron chi connectivity index (χ4n) is 2.10. The number of rotatable bonds is 5. The molecular weight excluding hydrogens is 216 g/mol. The first kappa shape index (κ1) is 11.9. The zero-order valence-electron chi connectivity index (χ0n) is 10.3. The Morgan fingerprint density at radius 3 is 2.82 bits per heavy atom. The molecule has 0 saturated heterocycles. The van der Waals surface area contributed by atoms with Crippen molar-refractivity contribution in [3.8, 4) is 0 Å². The summed E-state index contributed by atoms with van der Waals surface area (Å²) in [5.41, 5.74) is 1.85. The molecule has 0 heterocycles. The van der Waals surface area contributed by atoms with E-state index in [1.165, 1.54) is 12.8 Å². The number of anilines is 1. The van der Waals surface area contributed by atoms with Crippen molar-refractivity contribution in [3.05, 3.63) is 33.9 Å². The summed E-state index contributed by atoms with van der Waals surface area (Å²) >= 11 is 0. The summed E-state index contributed by atoms with van der Waals surface area (Å²) in [4.78, 5) is 10.6. The lowest BCUT2D eigenvalue weighted by atomic mass is 10.1. The third-order valence-electron chi connectivity index (χ3n) is 3.13. The zero-order valence-corrected chi connectivity index (χ0v) is 10.3. The van der Waals surface area contributed by atoms with Gasteiger partial charge in [0.15, 0.2) is 0 Å². The maximum absolute atomic E-state index is 10.9. The molecule has 0 spiro atoms. The van der Waals surface area contributed by atoms with E-state index in [1.807, 2.05) is 13.0 Å². The van der Waals surface area contributed by atoms with E-state index in [-0.39, 0.29) is 10.6 Å². The van der Waals surface area contributed by atoms with Gasteiger partial charge in [0.25, 0.3) is 5.69 Å². The third-order valence-corrected chi connectivity index (χ3v) is 3.13. The van der Waals surface area contributed by atoms with E-state index in [4.69, 9.17) is 0 Å². The van der Waals surface area contributed by atoms with Crippen molar-refractivity contribution in [1.29, 1.82) is 0 Å². The monoisotopic (exact) mass is 234 g/mol. The van der Waals surface area contributed by atoms with Crippen LogP contribution >= 0.6 is 0 Å². The lowest BCUT2D eigenvalue weighted by molar-refractivity contribution is -0.384. The molecule has 17 heavy (non-hydrogen) atoms. The van der Waals surface area contributed by atoms with E-state index in [0.717, 1.165) is 17.9 Å². The first-order valence-corrected chi connectivity index (χ1v) is 6.08. The number of hydrogen-bond acceptors (Lipinski definition) is 3. The molecule has 1 fully saturated rings. The minimum atomic E-state index is -0.328. The minimum absolute atomic E-state index is 0.165. The summed E-state index contributed by atoms with van der Waals surface area (Å²) in [5.74, 6) is 0.821. The molecule has 0 aromatic heterocycles. The second kappa shape index (κ2) is 4.73. The smallest absolute Gasteiger partial charge is 0.292 e. The van der Waals surface area contributed by atoms with Gasteiger partial charge in [-0.05, 0) is 37.8 Å². The molecule has 0 aliphatic heterocycles. The predicted octanol–water partition coefficient (Wildman–Crippen LogP) is 3.50. The van der Waals surface area contributed by atoms with E-state index < -0.39 is 0 Å². The van der Waals surface area contributed by atoms with Gasteiger partial charge in [-0.1, -0.05) is 18.9 Å². The van der Waals surface area contributed by atoms with Gasteiger partial charge in [-0.2, -0.15) is 0 Å². The van der Waals surface area contributed by atoms with Crippen LogP contribution in [0.1, 0.15) is 31.7 Å². The van der Waals surface area contributed by atoms with Crippen LogP contribution < -0.4 is 5.32 Å². The first-order valence-electron chi connectivity index (χ1n) is 6.08. The number of nitro groups is 1. The van der Waals surface area contributed by atoms with Gasteiger partial charge in [0.1, 0.15) is 5.69 Å². The van der Waals surface area contributed by atoms with Crippen LogP contribution in [0.3, 0.4) is 0 Å². The molecule has 92 valence electrons. The van der Waals surface area contributed by atoms with Gasteiger partial charge in [0.2, 0.25) is 0 Å². The van der Waals surface area contributed by atoms with Crippen LogP contribution in [0.2, 0.25) is 0 Å². The lowest BCUT2D eigenvalue weighted by Gasteiger charge is -2.15. The van der Waals surface area contributed by atoms with Crippen molar-refractivity contribution in [1.82, 2.24) is 0 Å². The molecule has 2 rings (SSSR count). The van der Waals surface area contributed by atoms with Crippen LogP contribution in [0.4, 0.5) is 11.4 Å². The SMILES string of the molecule is Cc1ccc([N+](=O)[O-])c(NC(C)CC2CC2)c1. The largest absolute Gasteiger partial charge is 0.377 e. The maximum Gasteiger partial charge on any atom is 0.292 e. The van der Waals surface area contributed by atoms with Crippen molar-refractivity contribution in [2.45, 2.75) is 39.2 Å². The first-order chi connectivity index (χ1) is 8.06. The van der Waals surface area contributed by atoms with E-state index in [9.17, 15) is 10.1 Å². The third kappa shape index (κ3) is 3.19. The van der Waals surface area contributed by atoms with Crippen LogP contribution in [0.15, 0.2) is 18.2 Å². The Morgan fingerprint density at radius 1 is 1.53 bits per heavy atom. The molecule has 1 unspecified atom stereocenters. The van der Waals surface area contributed by atoms with Gasteiger partial charge in [-0.3, -0.25) is 10.1 Å². The molecule has 4 heteroatoms. The van der Waals surface area contributed by atoms with Crippen LogP contribution in [0.5, 0.6) is 0 Å². The standard InChI is InChI=1S/C13H18N2O2/c1-9-3-6-13(15(16)17)12(7-9)14-10(2)8-11-4-5-11/h3,6-7,10-11,14H,4-5,8H2,1-2H3. The van der Waals surface area contributed by atoms with E-state index >= 15 is 0 Å². The van der Waals surface area contributed by atoms with Crippen molar-refractivity contribution in [2.75, 3.05) is 5.32 Å². The fourth-order valence-corrected chi connectivity index (χ4v) is 2.10. The second-order valence-corrected chi connectivity index (χ2v) is 5.00. The van der Waals surface area contributed by atoms with Crippen molar-refractivity contribution in [3.63, 3.8) is 0 Å². The molecule has 1 atom stereocenters.